The lowest BCUT2D eigenvalue weighted by Crippen LogP contribution is -2.25. The van der Waals surface area contributed by atoms with Crippen LogP contribution >= 0.6 is 0 Å². The van der Waals surface area contributed by atoms with Crippen LogP contribution in [0.1, 0.15) is 38.2 Å². The van der Waals surface area contributed by atoms with E-state index in [1.165, 1.54) is 19.2 Å². The van der Waals surface area contributed by atoms with Gasteiger partial charge in [-0.1, -0.05) is 17.3 Å². The largest absolute Gasteiger partial charge is 0.464 e. The molecule has 0 bridgehead atoms. The summed E-state index contributed by atoms with van der Waals surface area (Å²) in [7, 11) is 1.23. The van der Waals surface area contributed by atoms with Gasteiger partial charge < -0.3 is 9.57 Å². The molecule has 108 valence electrons. The number of hydrogen-bond acceptors (Lipinski definition) is 4. The van der Waals surface area contributed by atoms with E-state index in [1.807, 2.05) is 6.92 Å². The average molecular weight is 279 g/mol. The topological polar surface area (TPSA) is 47.9 Å². The Labute approximate surface area is 117 Å². The maximum Gasteiger partial charge on any atom is 0.360 e. The minimum atomic E-state index is -0.711. The molecule has 1 saturated carbocycles. The van der Waals surface area contributed by atoms with Crippen molar-refractivity contribution in [2.24, 2.45) is 5.16 Å². The van der Waals surface area contributed by atoms with Gasteiger partial charge in [-0.05, 0) is 44.7 Å². The van der Waals surface area contributed by atoms with E-state index in [1.54, 1.807) is 12.1 Å². The Morgan fingerprint density at radius 1 is 1.30 bits per heavy atom. The number of esters is 1. The number of benzene rings is 1. The summed E-state index contributed by atoms with van der Waals surface area (Å²) in [6.45, 7) is 1.94. The highest BCUT2D eigenvalue weighted by atomic mass is 19.1. The number of rotatable bonds is 4. The molecule has 1 fully saturated rings. The van der Waals surface area contributed by atoms with E-state index >= 15 is 0 Å². The fourth-order valence-corrected chi connectivity index (χ4v) is 2.32. The quantitative estimate of drug-likeness (QED) is 0.483. The van der Waals surface area contributed by atoms with Crippen molar-refractivity contribution in [1.82, 2.24) is 0 Å². The van der Waals surface area contributed by atoms with Crippen LogP contribution in [0.4, 0.5) is 4.39 Å². The van der Waals surface area contributed by atoms with Crippen LogP contribution in [0.25, 0.3) is 0 Å². The smallest absolute Gasteiger partial charge is 0.360 e. The number of oxime groups is 1. The van der Waals surface area contributed by atoms with Gasteiger partial charge in [-0.2, -0.15) is 0 Å². The van der Waals surface area contributed by atoms with Crippen molar-refractivity contribution in [1.29, 1.82) is 0 Å². The molecule has 0 amide bonds. The van der Waals surface area contributed by atoms with Crippen molar-refractivity contribution in [2.75, 3.05) is 7.11 Å². The number of ether oxygens (including phenoxy) is 1. The lowest BCUT2D eigenvalue weighted by molar-refractivity contribution is -0.133. The maximum absolute atomic E-state index is 13.8. The zero-order chi connectivity index (χ0) is 14.6. The van der Waals surface area contributed by atoms with Gasteiger partial charge in [-0.25, -0.2) is 9.18 Å². The van der Waals surface area contributed by atoms with Crippen LogP contribution in [-0.4, -0.2) is 24.4 Å². The van der Waals surface area contributed by atoms with Gasteiger partial charge in [0.1, 0.15) is 11.4 Å². The molecule has 0 N–H and O–H groups in total. The van der Waals surface area contributed by atoms with E-state index in [0.29, 0.717) is 0 Å². The van der Waals surface area contributed by atoms with Gasteiger partial charge >= 0.3 is 5.97 Å². The molecular formula is C15H18FNO3. The molecule has 0 saturated heterocycles. The summed E-state index contributed by atoms with van der Waals surface area (Å²) in [5, 5.41) is 3.88. The second kappa shape index (κ2) is 6.03. The van der Waals surface area contributed by atoms with Crippen molar-refractivity contribution in [3.8, 4) is 0 Å². The molecule has 0 aromatic heterocycles. The van der Waals surface area contributed by atoms with Gasteiger partial charge in [0.25, 0.3) is 0 Å². The molecule has 1 aromatic carbocycles. The van der Waals surface area contributed by atoms with Crippen LogP contribution < -0.4 is 0 Å². The minimum absolute atomic E-state index is 0.0842. The molecule has 0 radical (unpaired) electrons. The summed E-state index contributed by atoms with van der Waals surface area (Å²) in [5.74, 6) is -1.24. The Morgan fingerprint density at radius 3 is 2.55 bits per heavy atom. The zero-order valence-corrected chi connectivity index (χ0v) is 11.7. The third kappa shape index (κ3) is 3.15. The second-order valence-electron chi connectivity index (χ2n) is 5.16. The lowest BCUT2D eigenvalue weighted by Gasteiger charge is -2.21. The Kier molecular flexibility index (Phi) is 4.37. The van der Waals surface area contributed by atoms with Crippen LogP contribution in [0, 0.1) is 5.82 Å². The van der Waals surface area contributed by atoms with Crippen LogP contribution in [0.15, 0.2) is 29.4 Å². The molecule has 1 aromatic rings. The molecule has 0 atom stereocenters. The first kappa shape index (κ1) is 14.5. The molecular weight excluding hydrogens is 261 g/mol. The highest BCUT2D eigenvalue weighted by Gasteiger charge is 2.32. The van der Waals surface area contributed by atoms with E-state index in [2.05, 4.69) is 9.89 Å². The van der Waals surface area contributed by atoms with Crippen molar-refractivity contribution in [2.45, 2.75) is 38.2 Å². The van der Waals surface area contributed by atoms with Crippen molar-refractivity contribution in [3.63, 3.8) is 0 Å². The minimum Gasteiger partial charge on any atom is -0.464 e. The Morgan fingerprint density at radius 2 is 1.95 bits per heavy atom. The van der Waals surface area contributed by atoms with Crippen LogP contribution in [0.5, 0.6) is 0 Å². The predicted octanol–water partition coefficient (Wildman–Crippen LogP) is 3.05. The zero-order valence-electron chi connectivity index (χ0n) is 11.7. The van der Waals surface area contributed by atoms with Crippen LogP contribution in [-0.2, 0) is 14.4 Å². The van der Waals surface area contributed by atoms with Crippen molar-refractivity contribution < 1.29 is 18.8 Å². The molecule has 0 heterocycles. The highest BCUT2D eigenvalue weighted by Crippen LogP contribution is 2.32. The number of carbonyl (C=O) groups excluding carboxylic acids is 1. The van der Waals surface area contributed by atoms with E-state index in [-0.39, 0.29) is 16.9 Å². The van der Waals surface area contributed by atoms with Gasteiger partial charge in [0.15, 0.2) is 5.71 Å². The monoisotopic (exact) mass is 279 g/mol. The number of halogens is 1. The Balaban J connectivity index is 2.28. The third-order valence-electron chi connectivity index (χ3n) is 3.53. The molecule has 0 spiro atoms. The Bertz CT molecular complexity index is 522. The fraction of sp³-hybridized carbons (Fsp3) is 0.467. The second-order valence-corrected chi connectivity index (χ2v) is 5.16. The van der Waals surface area contributed by atoms with E-state index in [9.17, 15) is 9.18 Å². The number of nitrogens with zero attached hydrogens (tertiary/aromatic N) is 1. The lowest BCUT2D eigenvalue weighted by atomic mass is 10.1. The van der Waals surface area contributed by atoms with E-state index in [4.69, 9.17) is 4.84 Å². The van der Waals surface area contributed by atoms with E-state index < -0.39 is 11.8 Å². The van der Waals surface area contributed by atoms with E-state index in [0.717, 1.165) is 25.7 Å². The summed E-state index contributed by atoms with van der Waals surface area (Å²) in [6, 6.07) is 5.93. The third-order valence-corrected chi connectivity index (χ3v) is 3.53. The van der Waals surface area contributed by atoms with Crippen molar-refractivity contribution >= 4 is 11.7 Å². The number of hydrogen-bond donors (Lipinski definition) is 0. The van der Waals surface area contributed by atoms with Gasteiger partial charge in [-0.15, -0.1) is 0 Å². The molecule has 1 aliphatic carbocycles. The summed E-state index contributed by atoms with van der Waals surface area (Å²) < 4.78 is 18.4. The highest BCUT2D eigenvalue weighted by molar-refractivity contribution is 6.43. The molecule has 0 aliphatic heterocycles. The summed E-state index contributed by atoms with van der Waals surface area (Å²) >= 11 is 0. The first-order valence-electron chi connectivity index (χ1n) is 6.65. The number of methoxy groups -OCH3 is 1. The van der Waals surface area contributed by atoms with Gasteiger partial charge in [0, 0.05) is 5.56 Å². The molecule has 0 unspecified atom stereocenters. The number of carbonyl (C=O) groups is 1. The van der Waals surface area contributed by atoms with Gasteiger partial charge in [0.2, 0.25) is 0 Å². The van der Waals surface area contributed by atoms with Crippen LogP contribution in [0.3, 0.4) is 0 Å². The summed E-state index contributed by atoms with van der Waals surface area (Å²) in [6.07, 6.45) is 3.89. The maximum atomic E-state index is 13.8. The SMILES string of the molecule is COC(=O)/C(=N\OC1(C)CCCC1)c1ccccc1F. The first-order valence-corrected chi connectivity index (χ1v) is 6.65. The fourth-order valence-electron chi connectivity index (χ4n) is 2.32. The normalized spacial score (nSPS) is 17.9. The van der Waals surface area contributed by atoms with Crippen LogP contribution in [0.2, 0.25) is 0 Å². The summed E-state index contributed by atoms with van der Waals surface area (Å²) in [4.78, 5) is 17.3. The molecule has 20 heavy (non-hydrogen) atoms. The molecule has 4 nitrogen and oxygen atoms in total. The molecule has 5 heteroatoms. The molecule has 1 aliphatic rings. The standard InChI is InChI=1S/C15H18FNO3/c1-15(9-5-6-10-15)20-17-13(14(18)19-2)11-7-3-4-8-12(11)16/h3-4,7-8H,5-6,9-10H2,1-2H3/b17-13-. The summed E-state index contributed by atoms with van der Waals surface area (Å²) in [5.41, 5.74) is -0.440. The molecule has 2 rings (SSSR count). The predicted molar refractivity (Wildman–Crippen MR) is 72.9 cm³/mol. The van der Waals surface area contributed by atoms with Gasteiger partial charge in [-0.3, -0.25) is 0 Å². The van der Waals surface area contributed by atoms with Crippen molar-refractivity contribution in [3.05, 3.63) is 35.6 Å². The average Bonchev–Trinajstić information content (AvgIpc) is 2.87. The Hall–Kier alpha value is -1.91. The first-order chi connectivity index (χ1) is 9.56. The van der Waals surface area contributed by atoms with Gasteiger partial charge in [0.05, 0.1) is 7.11 Å².